The Bertz CT molecular complexity index is 1090. The fourth-order valence-electron chi connectivity index (χ4n) is 3.77. The predicted octanol–water partition coefficient (Wildman–Crippen LogP) is 2.74. The summed E-state index contributed by atoms with van der Waals surface area (Å²) in [6.07, 6.45) is -5.28. The van der Waals surface area contributed by atoms with Gasteiger partial charge < -0.3 is 10.0 Å². The van der Waals surface area contributed by atoms with Crippen molar-refractivity contribution in [2.75, 3.05) is 13.1 Å². The van der Waals surface area contributed by atoms with Gasteiger partial charge in [0.15, 0.2) is 0 Å². The van der Waals surface area contributed by atoms with Crippen molar-refractivity contribution < 1.29 is 23.1 Å². The molecule has 1 amide bonds. The Morgan fingerprint density at radius 1 is 1.19 bits per heavy atom. The average Bonchev–Trinajstić information content (AvgIpc) is 3.01. The van der Waals surface area contributed by atoms with Gasteiger partial charge in [-0.1, -0.05) is 13.8 Å². The van der Waals surface area contributed by atoms with Crippen LogP contribution >= 0.6 is 11.3 Å². The summed E-state index contributed by atoms with van der Waals surface area (Å²) in [5.74, 6) is -0.408. The lowest BCUT2D eigenvalue weighted by Crippen LogP contribution is -2.41. The molecule has 1 N–H and O–H groups in total. The highest BCUT2D eigenvalue weighted by atomic mass is 32.1. The highest BCUT2D eigenvalue weighted by Gasteiger charge is 2.31. The number of likely N-dealkylation sites (tertiary alicyclic amines) is 1. The minimum absolute atomic E-state index is 0.0706. The van der Waals surface area contributed by atoms with Crippen LogP contribution in [-0.2, 0) is 13.1 Å². The zero-order valence-electron chi connectivity index (χ0n) is 17.7. The number of aliphatic hydroxyl groups is 1. The highest BCUT2D eigenvalue weighted by molar-refractivity contribution is 7.20. The number of thiophene rings is 1. The van der Waals surface area contributed by atoms with Gasteiger partial charge >= 0.3 is 11.9 Å². The monoisotopic (exact) mass is 461 g/mol. The summed E-state index contributed by atoms with van der Waals surface area (Å²) in [5, 5.41) is 9.79. The second kappa shape index (κ2) is 8.78. The van der Waals surface area contributed by atoms with Crippen molar-refractivity contribution in [3.05, 3.63) is 31.3 Å². The summed E-state index contributed by atoms with van der Waals surface area (Å²) in [7, 11) is 0. The Morgan fingerprint density at radius 2 is 1.81 bits per heavy atom. The number of piperidine rings is 1. The van der Waals surface area contributed by atoms with Crippen LogP contribution in [0.2, 0.25) is 0 Å². The number of hydrogen-bond donors (Lipinski definition) is 1. The van der Waals surface area contributed by atoms with Crippen molar-refractivity contribution in [2.24, 2.45) is 5.92 Å². The van der Waals surface area contributed by atoms with Gasteiger partial charge in [0.1, 0.15) is 4.83 Å². The second-order valence-electron chi connectivity index (χ2n) is 8.37. The summed E-state index contributed by atoms with van der Waals surface area (Å²) < 4.78 is 40.6. The third kappa shape index (κ3) is 4.87. The van der Waals surface area contributed by atoms with Gasteiger partial charge in [-0.2, -0.15) is 13.2 Å². The zero-order chi connectivity index (χ0) is 23.1. The number of carbonyl (C=O) groups excluding carboxylic acids is 1. The van der Waals surface area contributed by atoms with Crippen molar-refractivity contribution in [3.63, 3.8) is 0 Å². The SMILES string of the molecule is Cc1c(C(=O)N2CCC(O)CC2)sc2c1c(=O)n(CC(C)C)c(=O)n2CCC(F)(F)F. The lowest BCUT2D eigenvalue weighted by molar-refractivity contribution is -0.136. The molecule has 1 aliphatic heterocycles. The van der Waals surface area contributed by atoms with E-state index in [0.717, 1.165) is 20.5 Å². The number of aromatic nitrogens is 2. The maximum absolute atomic E-state index is 13.1. The molecule has 3 heterocycles. The van der Waals surface area contributed by atoms with E-state index in [0.29, 0.717) is 31.5 Å². The molecule has 3 rings (SSSR count). The number of alkyl halides is 3. The predicted molar refractivity (Wildman–Crippen MR) is 112 cm³/mol. The fraction of sp³-hybridized carbons (Fsp3) is 0.650. The molecule has 11 heteroatoms. The number of carbonyl (C=O) groups is 1. The number of hydrogen-bond acceptors (Lipinski definition) is 5. The molecule has 0 aliphatic carbocycles. The number of rotatable bonds is 5. The van der Waals surface area contributed by atoms with Crippen LogP contribution in [0.1, 0.15) is 48.3 Å². The molecule has 2 aromatic rings. The Kier molecular flexibility index (Phi) is 6.66. The van der Waals surface area contributed by atoms with Gasteiger partial charge in [0.05, 0.1) is 22.8 Å². The number of nitrogens with zero attached hydrogens (tertiary/aromatic N) is 3. The Hall–Kier alpha value is -2.14. The van der Waals surface area contributed by atoms with E-state index in [2.05, 4.69) is 0 Å². The molecule has 0 radical (unpaired) electrons. The Morgan fingerprint density at radius 3 is 2.35 bits per heavy atom. The molecule has 0 saturated carbocycles. The van der Waals surface area contributed by atoms with E-state index in [1.165, 1.54) is 0 Å². The van der Waals surface area contributed by atoms with E-state index in [-0.39, 0.29) is 33.5 Å². The van der Waals surface area contributed by atoms with Gasteiger partial charge in [-0.25, -0.2) is 4.79 Å². The molecule has 0 aromatic carbocycles. The molecule has 1 aliphatic rings. The summed E-state index contributed by atoms with van der Waals surface area (Å²) in [5.41, 5.74) is -1.00. The summed E-state index contributed by atoms with van der Waals surface area (Å²) in [6, 6.07) is 0. The molecular weight excluding hydrogens is 435 g/mol. The van der Waals surface area contributed by atoms with Gasteiger partial charge in [0.25, 0.3) is 11.5 Å². The van der Waals surface area contributed by atoms with Gasteiger partial charge in [-0.15, -0.1) is 11.3 Å². The summed E-state index contributed by atoms with van der Waals surface area (Å²) >= 11 is 0.888. The van der Waals surface area contributed by atoms with E-state index < -0.39 is 36.5 Å². The summed E-state index contributed by atoms with van der Waals surface area (Å²) in [6.45, 7) is 5.35. The van der Waals surface area contributed by atoms with Crippen LogP contribution in [0.15, 0.2) is 9.59 Å². The maximum atomic E-state index is 13.1. The molecule has 172 valence electrons. The van der Waals surface area contributed by atoms with Crippen LogP contribution in [-0.4, -0.2) is 50.4 Å². The van der Waals surface area contributed by atoms with Gasteiger partial charge in [-0.3, -0.25) is 18.7 Å². The van der Waals surface area contributed by atoms with Crippen LogP contribution in [0, 0.1) is 12.8 Å². The largest absolute Gasteiger partial charge is 0.393 e. The van der Waals surface area contributed by atoms with Crippen molar-refractivity contribution in [1.29, 1.82) is 0 Å². The first kappa shape index (κ1) is 23.5. The molecule has 1 fully saturated rings. The molecule has 0 bridgehead atoms. The van der Waals surface area contributed by atoms with Gasteiger partial charge in [0.2, 0.25) is 0 Å². The zero-order valence-corrected chi connectivity index (χ0v) is 18.5. The van der Waals surface area contributed by atoms with Crippen molar-refractivity contribution in [2.45, 2.75) is 65.4 Å². The molecule has 7 nitrogen and oxygen atoms in total. The quantitative estimate of drug-likeness (QED) is 0.742. The minimum atomic E-state index is -4.47. The third-order valence-corrected chi connectivity index (χ3v) is 6.71. The lowest BCUT2D eigenvalue weighted by Gasteiger charge is -2.29. The molecule has 0 unspecified atom stereocenters. The van der Waals surface area contributed by atoms with E-state index in [1.807, 2.05) is 0 Å². The van der Waals surface area contributed by atoms with Crippen molar-refractivity contribution in [3.8, 4) is 0 Å². The van der Waals surface area contributed by atoms with E-state index >= 15 is 0 Å². The van der Waals surface area contributed by atoms with E-state index in [9.17, 15) is 32.7 Å². The summed E-state index contributed by atoms with van der Waals surface area (Å²) in [4.78, 5) is 41.0. The normalized spacial score (nSPS) is 15.9. The first-order valence-electron chi connectivity index (χ1n) is 10.2. The number of fused-ring (bicyclic) bond motifs is 1. The molecular formula is C20H26F3N3O4S. The Labute approximate surface area is 180 Å². The second-order valence-corrected chi connectivity index (χ2v) is 9.37. The topological polar surface area (TPSA) is 84.5 Å². The minimum Gasteiger partial charge on any atom is -0.393 e. The van der Waals surface area contributed by atoms with Crippen LogP contribution < -0.4 is 11.2 Å². The number of aliphatic hydroxyl groups excluding tert-OH is 1. The highest BCUT2D eigenvalue weighted by Crippen LogP contribution is 2.31. The number of halogens is 3. The average molecular weight is 462 g/mol. The van der Waals surface area contributed by atoms with E-state index in [1.54, 1.807) is 25.7 Å². The first-order valence-corrected chi connectivity index (χ1v) is 11.0. The number of aryl methyl sites for hydroxylation is 2. The lowest BCUT2D eigenvalue weighted by atomic mass is 10.1. The van der Waals surface area contributed by atoms with Crippen LogP contribution in [0.3, 0.4) is 0 Å². The molecule has 0 spiro atoms. The fourth-order valence-corrected chi connectivity index (χ4v) is 5.06. The van der Waals surface area contributed by atoms with Crippen LogP contribution in [0.5, 0.6) is 0 Å². The van der Waals surface area contributed by atoms with Crippen LogP contribution in [0.4, 0.5) is 13.2 Å². The number of amides is 1. The van der Waals surface area contributed by atoms with Gasteiger partial charge in [-0.05, 0) is 31.2 Å². The molecule has 1 saturated heterocycles. The van der Waals surface area contributed by atoms with Gasteiger partial charge in [0, 0.05) is 26.2 Å². The molecule has 2 aromatic heterocycles. The Balaban J connectivity index is 2.16. The first-order chi connectivity index (χ1) is 14.4. The third-order valence-electron chi connectivity index (χ3n) is 5.41. The van der Waals surface area contributed by atoms with Crippen molar-refractivity contribution in [1.82, 2.24) is 14.0 Å². The smallest absolute Gasteiger partial charge is 0.390 e. The van der Waals surface area contributed by atoms with Crippen molar-refractivity contribution >= 4 is 27.5 Å². The van der Waals surface area contributed by atoms with Crippen LogP contribution in [0.25, 0.3) is 10.2 Å². The van der Waals surface area contributed by atoms with E-state index in [4.69, 9.17) is 0 Å². The standard InChI is InChI=1S/C20H26F3N3O4S/c1-11(2)10-26-16(28)14-12(3)15(17(29)24-7-4-13(27)5-8-24)31-18(14)25(19(26)30)9-6-20(21,22)23/h11,13,27H,4-10H2,1-3H3. The maximum Gasteiger partial charge on any atom is 0.390 e. The molecule has 0 atom stereocenters. The molecule has 31 heavy (non-hydrogen) atoms.